The molecule has 0 aromatic rings. The molecule has 5 heteroatoms. The van der Waals surface area contributed by atoms with E-state index in [4.69, 9.17) is 4.55 Å². The van der Waals surface area contributed by atoms with Crippen molar-refractivity contribution in [1.82, 2.24) is 0 Å². The number of rotatable bonds is 5. The Morgan fingerprint density at radius 1 is 1.24 bits per heavy atom. The van der Waals surface area contributed by atoms with Crippen LogP contribution in [0.3, 0.4) is 0 Å². The lowest BCUT2D eigenvalue weighted by Gasteiger charge is -1.84. The van der Waals surface area contributed by atoms with Gasteiger partial charge in [-0.05, 0) is 12.3 Å². The summed E-state index contributed by atoms with van der Waals surface area (Å²) in [6.07, 6.45) is 4.23. The molecule has 0 aromatic carbocycles. The topological polar surface area (TPSA) is 74.3 Å². The molecule has 17 heavy (non-hydrogen) atoms. The second-order valence-corrected chi connectivity index (χ2v) is 5.68. The molecule has 0 saturated heterocycles. The van der Waals surface area contributed by atoms with E-state index in [0.717, 1.165) is 31.3 Å². The van der Waals surface area contributed by atoms with Gasteiger partial charge in [0.05, 0.1) is 12.4 Å². The molecule has 0 unspecified atom stereocenters. The second kappa shape index (κ2) is 15.6. The summed E-state index contributed by atoms with van der Waals surface area (Å²) in [6, 6.07) is 0. The van der Waals surface area contributed by atoms with Crippen molar-refractivity contribution in [2.75, 3.05) is 12.4 Å². The summed E-state index contributed by atoms with van der Waals surface area (Å²) in [4.78, 5) is 0. The molecule has 0 bridgehead atoms. The highest BCUT2D eigenvalue weighted by molar-refractivity contribution is 7.85. The van der Waals surface area contributed by atoms with Crippen molar-refractivity contribution in [3.63, 3.8) is 0 Å². The maximum Gasteiger partial charge on any atom is 0.268 e. The average molecular weight is 267 g/mol. The van der Waals surface area contributed by atoms with E-state index in [1.54, 1.807) is 0 Å². The normalized spacial score (nSPS) is 9.82. The molecular weight excluding hydrogens is 240 g/mol. The van der Waals surface area contributed by atoms with Crippen LogP contribution in [0.4, 0.5) is 0 Å². The quantitative estimate of drug-likeness (QED) is 0.471. The van der Waals surface area contributed by atoms with Crippen LogP contribution in [0.25, 0.3) is 0 Å². The van der Waals surface area contributed by atoms with E-state index in [1.165, 1.54) is 0 Å². The standard InChI is InChI=1S/C5H11O.C4H10.C3H6O3S/c1-2-3-4-5-6;1-4(2)3;1-2-3-7(4,5)6/h2-5H2,1H3;4H,1-3H3;2H,1,3H2,(H,4,5,6). The largest absolute Gasteiger partial charge is 0.285 e. The van der Waals surface area contributed by atoms with Crippen LogP contribution in [0.5, 0.6) is 0 Å². The Bertz CT molecular complexity index is 226. The van der Waals surface area contributed by atoms with E-state index >= 15 is 0 Å². The Hall–Kier alpha value is -0.390. The third-order valence-corrected chi connectivity index (χ3v) is 1.73. The molecule has 0 fully saturated rings. The summed E-state index contributed by atoms with van der Waals surface area (Å²) in [5.41, 5.74) is 0. The van der Waals surface area contributed by atoms with Crippen LogP contribution in [-0.4, -0.2) is 25.3 Å². The van der Waals surface area contributed by atoms with Crippen LogP contribution < -0.4 is 0 Å². The summed E-state index contributed by atoms with van der Waals surface area (Å²) >= 11 is 0. The third kappa shape index (κ3) is 66.2. The molecule has 0 saturated carbocycles. The van der Waals surface area contributed by atoms with Crippen molar-refractivity contribution >= 4 is 10.1 Å². The zero-order chi connectivity index (χ0) is 14.3. The zero-order valence-electron chi connectivity index (χ0n) is 11.5. The number of unbranched alkanes of at least 4 members (excludes halogenated alkanes) is 2. The first-order valence-electron chi connectivity index (χ1n) is 5.85. The summed E-state index contributed by atoms with van der Waals surface area (Å²) in [7, 11) is -3.79. The number of hydrogen-bond donors (Lipinski definition) is 1. The van der Waals surface area contributed by atoms with Gasteiger partial charge in [-0.2, -0.15) is 8.42 Å². The molecule has 0 aliphatic heterocycles. The van der Waals surface area contributed by atoms with E-state index in [2.05, 4.69) is 34.3 Å². The van der Waals surface area contributed by atoms with Crippen molar-refractivity contribution in [3.8, 4) is 0 Å². The smallest absolute Gasteiger partial charge is 0.268 e. The first-order valence-corrected chi connectivity index (χ1v) is 7.46. The highest BCUT2D eigenvalue weighted by Crippen LogP contribution is 1.89. The van der Waals surface area contributed by atoms with Crippen molar-refractivity contribution in [2.24, 2.45) is 5.92 Å². The zero-order valence-corrected chi connectivity index (χ0v) is 12.3. The first-order chi connectivity index (χ1) is 7.71. The van der Waals surface area contributed by atoms with Crippen LogP contribution in [0.1, 0.15) is 47.0 Å². The maximum absolute atomic E-state index is 9.72. The minimum Gasteiger partial charge on any atom is -0.285 e. The third-order valence-electron chi connectivity index (χ3n) is 1.08. The average Bonchev–Trinajstić information content (AvgIpc) is 2.12. The number of hydrogen-bond acceptors (Lipinski definition) is 2. The summed E-state index contributed by atoms with van der Waals surface area (Å²) in [5, 5.41) is 9.69. The van der Waals surface area contributed by atoms with Crippen LogP contribution in [0.2, 0.25) is 0 Å². The molecule has 0 aromatic heterocycles. The minimum atomic E-state index is -3.79. The van der Waals surface area contributed by atoms with Crippen molar-refractivity contribution in [1.29, 1.82) is 0 Å². The fraction of sp³-hybridized carbons (Fsp3) is 0.833. The molecule has 0 aliphatic rings. The van der Waals surface area contributed by atoms with Gasteiger partial charge in [-0.15, -0.1) is 6.58 Å². The molecule has 0 heterocycles. The van der Waals surface area contributed by atoms with Crippen molar-refractivity contribution < 1.29 is 18.1 Å². The Morgan fingerprint density at radius 3 is 1.71 bits per heavy atom. The van der Waals surface area contributed by atoms with E-state index in [9.17, 15) is 13.5 Å². The van der Waals surface area contributed by atoms with Gasteiger partial charge in [-0.25, -0.2) is 5.11 Å². The van der Waals surface area contributed by atoms with Crippen LogP contribution in [-0.2, 0) is 15.2 Å². The molecule has 1 N–H and O–H groups in total. The lowest BCUT2D eigenvalue weighted by Crippen LogP contribution is -1.99. The fourth-order valence-electron chi connectivity index (χ4n) is 0.501. The molecule has 0 amide bonds. The van der Waals surface area contributed by atoms with E-state index in [1.807, 2.05) is 0 Å². The monoisotopic (exact) mass is 267 g/mol. The molecule has 0 rings (SSSR count). The lowest BCUT2D eigenvalue weighted by molar-refractivity contribution is 0.186. The molecule has 105 valence electrons. The van der Waals surface area contributed by atoms with Crippen LogP contribution >= 0.6 is 0 Å². The Morgan fingerprint density at radius 2 is 1.65 bits per heavy atom. The Kier molecular flexibility index (Phi) is 20.1. The molecular formula is C12H27O4S. The van der Waals surface area contributed by atoms with Gasteiger partial charge in [-0.3, -0.25) is 4.55 Å². The van der Waals surface area contributed by atoms with E-state index in [-0.39, 0.29) is 12.4 Å². The highest BCUT2D eigenvalue weighted by Gasteiger charge is 1.95. The Balaban J connectivity index is -0.000000180. The van der Waals surface area contributed by atoms with Gasteiger partial charge >= 0.3 is 0 Å². The van der Waals surface area contributed by atoms with E-state index < -0.39 is 10.1 Å². The van der Waals surface area contributed by atoms with Crippen molar-refractivity contribution in [3.05, 3.63) is 12.7 Å². The minimum absolute atomic E-state index is 0.105. The molecule has 0 aliphatic carbocycles. The summed E-state index contributed by atoms with van der Waals surface area (Å²) in [6.45, 7) is 11.8. The molecule has 0 atom stereocenters. The van der Waals surface area contributed by atoms with Crippen LogP contribution in [0, 0.1) is 5.92 Å². The highest BCUT2D eigenvalue weighted by atomic mass is 32.2. The second-order valence-electron chi connectivity index (χ2n) is 4.18. The SMILES string of the molecule is C=CCS(=O)(=O)O.CC(C)C.CCCCC[O]. The van der Waals surface area contributed by atoms with Gasteiger partial charge in [0.2, 0.25) is 0 Å². The molecule has 4 nitrogen and oxygen atoms in total. The van der Waals surface area contributed by atoms with E-state index in [0.29, 0.717) is 0 Å². The maximum atomic E-state index is 9.72. The predicted octanol–water partition coefficient (Wildman–Crippen LogP) is 3.33. The van der Waals surface area contributed by atoms with Crippen LogP contribution in [0.15, 0.2) is 12.7 Å². The van der Waals surface area contributed by atoms with Gasteiger partial charge in [-0.1, -0.05) is 46.6 Å². The predicted molar refractivity (Wildman–Crippen MR) is 72.2 cm³/mol. The fourth-order valence-corrected chi connectivity index (χ4v) is 0.799. The molecule has 0 spiro atoms. The van der Waals surface area contributed by atoms with Gasteiger partial charge in [0, 0.05) is 0 Å². The summed E-state index contributed by atoms with van der Waals surface area (Å²) in [5.74, 6) is 0.465. The van der Waals surface area contributed by atoms with Gasteiger partial charge in [0.15, 0.2) is 0 Å². The lowest BCUT2D eigenvalue weighted by atomic mass is 10.3. The van der Waals surface area contributed by atoms with Gasteiger partial charge in [0.25, 0.3) is 10.1 Å². The van der Waals surface area contributed by atoms with Gasteiger partial charge < -0.3 is 0 Å². The van der Waals surface area contributed by atoms with Crippen molar-refractivity contribution in [2.45, 2.75) is 47.0 Å². The Labute approximate surface area is 106 Å². The van der Waals surface area contributed by atoms with Gasteiger partial charge in [0.1, 0.15) is 0 Å². The first kappa shape index (κ1) is 21.9. The summed E-state index contributed by atoms with van der Waals surface area (Å²) < 4.78 is 27.3. The molecule has 1 radical (unpaired) electrons.